The first-order chi connectivity index (χ1) is 8.83. The van der Waals surface area contributed by atoms with Gasteiger partial charge in [0, 0.05) is 11.6 Å². The van der Waals surface area contributed by atoms with Crippen molar-refractivity contribution in [1.29, 1.82) is 0 Å². The predicted molar refractivity (Wildman–Crippen MR) is 69.2 cm³/mol. The van der Waals surface area contributed by atoms with Crippen molar-refractivity contribution in [3.05, 3.63) is 60.5 Å². The molecule has 0 atom stereocenters. The molecule has 0 spiro atoms. The van der Waals surface area contributed by atoms with E-state index in [2.05, 4.69) is 15.3 Å². The van der Waals surface area contributed by atoms with Crippen molar-refractivity contribution in [3.8, 4) is 0 Å². The van der Waals surface area contributed by atoms with Crippen LogP contribution in [0.2, 0.25) is 0 Å². The zero-order valence-electron chi connectivity index (χ0n) is 9.47. The van der Waals surface area contributed by atoms with E-state index in [4.69, 9.17) is 0 Å². The van der Waals surface area contributed by atoms with E-state index < -0.39 is 5.82 Å². The normalized spacial score (nSPS) is 10.5. The summed E-state index contributed by atoms with van der Waals surface area (Å²) < 4.78 is 13.4. The van der Waals surface area contributed by atoms with Crippen LogP contribution in [0.5, 0.6) is 0 Å². The molecule has 0 saturated carbocycles. The average molecular weight is 239 g/mol. The summed E-state index contributed by atoms with van der Waals surface area (Å²) in [5.74, 6) is 0.360. The van der Waals surface area contributed by atoms with Crippen molar-refractivity contribution < 1.29 is 4.39 Å². The molecular formula is C14H10FN3. The number of hydrogen-bond donors (Lipinski definition) is 1. The number of nitrogens with zero attached hydrogens (tertiary/aromatic N) is 2. The smallest absolute Gasteiger partial charge is 0.167 e. The van der Waals surface area contributed by atoms with Gasteiger partial charge in [-0.15, -0.1) is 0 Å². The first-order valence-electron chi connectivity index (χ1n) is 5.56. The van der Waals surface area contributed by atoms with Crippen LogP contribution in [0.1, 0.15) is 0 Å². The molecule has 0 aliphatic carbocycles. The monoisotopic (exact) mass is 239 g/mol. The number of para-hydroxylation sites is 1. The van der Waals surface area contributed by atoms with Gasteiger partial charge in [-0.2, -0.15) is 0 Å². The second kappa shape index (κ2) is 4.41. The number of hydrogen-bond acceptors (Lipinski definition) is 3. The molecule has 3 aromatic rings. The quantitative estimate of drug-likeness (QED) is 0.743. The third-order valence-electron chi connectivity index (χ3n) is 2.60. The minimum absolute atomic E-state index is 0.181. The van der Waals surface area contributed by atoms with Crippen LogP contribution in [0.4, 0.5) is 16.0 Å². The molecule has 2 aromatic heterocycles. The first-order valence-corrected chi connectivity index (χ1v) is 5.56. The molecule has 0 radical (unpaired) electrons. The molecule has 2 heterocycles. The maximum atomic E-state index is 13.4. The lowest BCUT2D eigenvalue weighted by molar-refractivity contribution is 0.626. The van der Waals surface area contributed by atoms with Gasteiger partial charge in [-0.25, -0.2) is 14.4 Å². The van der Waals surface area contributed by atoms with Gasteiger partial charge >= 0.3 is 0 Å². The Hall–Kier alpha value is -2.49. The fourth-order valence-electron chi connectivity index (χ4n) is 1.73. The molecule has 0 bridgehead atoms. The van der Waals surface area contributed by atoms with Crippen LogP contribution in [0.25, 0.3) is 10.9 Å². The fraction of sp³-hybridized carbons (Fsp3) is 0. The summed E-state index contributed by atoms with van der Waals surface area (Å²) in [6.45, 7) is 0. The molecule has 88 valence electrons. The van der Waals surface area contributed by atoms with Crippen LogP contribution in [0, 0.1) is 5.82 Å². The number of anilines is 2. The summed E-state index contributed by atoms with van der Waals surface area (Å²) in [6.07, 6.45) is 1.53. The van der Waals surface area contributed by atoms with Gasteiger partial charge in [-0.1, -0.05) is 18.2 Å². The Kier molecular flexibility index (Phi) is 2.61. The number of aromatic nitrogens is 2. The molecule has 3 nitrogen and oxygen atoms in total. The van der Waals surface area contributed by atoms with Crippen LogP contribution in [-0.4, -0.2) is 9.97 Å². The van der Waals surface area contributed by atoms with Gasteiger partial charge in [0.1, 0.15) is 5.82 Å². The lowest BCUT2D eigenvalue weighted by Gasteiger charge is -2.06. The van der Waals surface area contributed by atoms with Gasteiger partial charge in [0.2, 0.25) is 0 Å². The maximum absolute atomic E-state index is 13.4. The third-order valence-corrected chi connectivity index (χ3v) is 2.60. The molecule has 3 rings (SSSR count). The number of halogens is 1. The van der Waals surface area contributed by atoms with Crippen LogP contribution < -0.4 is 5.32 Å². The highest BCUT2D eigenvalue weighted by Gasteiger charge is 2.03. The summed E-state index contributed by atoms with van der Waals surface area (Å²) >= 11 is 0. The maximum Gasteiger partial charge on any atom is 0.167 e. The molecule has 4 heteroatoms. The predicted octanol–water partition coefficient (Wildman–Crippen LogP) is 3.51. The topological polar surface area (TPSA) is 37.8 Å². The Balaban J connectivity index is 1.98. The Bertz CT molecular complexity index is 697. The van der Waals surface area contributed by atoms with Gasteiger partial charge in [0.15, 0.2) is 11.6 Å². The minimum Gasteiger partial charge on any atom is -0.322 e. The van der Waals surface area contributed by atoms with E-state index in [-0.39, 0.29) is 5.82 Å². The molecule has 1 aromatic carbocycles. The number of fused-ring (bicyclic) bond motifs is 1. The van der Waals surface area contributed by atoms with E-state index in [9.17, 15) is 4.39 Å². The molecule has 18 heavy (non-hydrogen) atoms. The zero-order chi connectivity index (χ0) is 12.4. The van der Waals surface area contributed by atoms with Crippen molar-refractivity contribution in [2.75, 3.05) is 5.32 Å². The lowest BCUT2D eigenvalue weighted by Crippen LogP contribution is -1.98. The van der Waals surface area contributed by atoms with E-state index in [1.165, 1.54) is 12.3 Å². The van der Waals surface area contributed by atoms with Gasteiger partial charge in [-0.3, -0.25) is 0 Å². The second-order valence-corrected chi connectivity index (χ2v) is 3.85. The van der Waals surface area contributed by atoms with Gasteiger partial charge in [0.05, 0.1) is 5.52 Å². The van der Waals surface area contributed by atoms with Crippen molar-refractivity contribution >= 4 is 22.5 Å². The van der Waals surface area contributed by atoms with Crippen molar-refractivity contribution in [2.45, 2.75) is 0 Å². The molecule has 0 aliphatic rings. The van der Waals surface area contributed by atoms with Crippen molar-refractivity contribution in [3.63, 3.8) is 0 Å². The van der Waals surface area contributed by atoms with Crippen LogP contribution >= 0.6 is 0 Å². The third kappa shape index (κ3) is 2.00. The van der Waals surface area contributed by atoms with Crippen LogP contribution in [0.3, 0.4) is 0 Å². The Morgan fingerprint density at radius 1 is 0.944 bits per heavy atom. The zero-order valence-corrected chi connectivity index (χ0v) is 9.47. The van der Waals surface area contributed by atoms with Crippen LogP contribution in [-0.2, 0) is 0 Å². The van der Waals surface area contributed by atoms with E-state index in [0.29, 0.717) is 5.82 Å². The van der Waals surface area contributed by atoms with E-state index in [1.807, 2.05) is 30.3 Å². The minimum atomic E-state index is -0.396. The number of nitrogens with one attached hydrogen (secondary N) is 1. The number of pyridine rings is 2. The largest absolute Gasteiger partial charge is 0.322 e. The highest BCUT2D eigenvalue weighted by atomic mass is 19.1. The average Bonchev–Trinajstić information content (AvgIpc) is 2.41. The SMILES string of the molecule is Fc1cccnc1Nc1ccc2ccccc2n1. The molecule has 0 unspecified atom stereocenters. The molecule has 0 saturated heterocycles. The molecule has 0 aliphatic heterocycles. The number of benzene rings is 1. The van der Waals surface area contributed by atoms with Gasteiger partial charge in [0.25, 0.3) is 0 Å². The number of rotatable bonds is 2. The summed E-state index contributed by atoms with van der Waals surface area (Å²) in [6, 6.07) is 14.4. The van der Waals surface area contributed by atoms with Crippen LogP contribution in [0.15, 0.2) is 54.7 Å². The summed E-state index contributed by atoms with van der Waals surface area (Å²) in [7, 11) is 0. The second-order valence-electron chi connectivity index (χ2n) is 3.85. The Morgan fingerprint density at radius 2 is 1.83 bits per heavy atom. The van der Waals surface area contributed by atoms with E-state index in [0.717, 1.165) is 10.9 Å². The van der Waals surface area contributed by atoms with Gasteiger partial charge < -0.3 is 5.32 Å². The molecule has 1 N–H and O–H groups in total. The summed E-state index contributed by atoms with van der Waals surface area (Å²) in [4.78, 5) is 8.32. The Labute approximate surface area is 103 Å². The molecule has 0 amide bonds. The Morgan fingerprint density at radius 3 is 2.72 bits per heavy atom. The van der Waals surface area contributed by atoms with E-state index >= 15 is 0 Å². The highest BCUT2D eigenvalue weighted by Crippen LogP contribution is 2.18. The van der Waals surface area contributed by atoms with E-state index in [1.54, 1.807) is 12.1 Å². The summed E-state index contributed by atoms with van der Waals surface area (Å²) in [5.41, 5.74) is 0.860. The standard InChI is InChI=1S/C14H10FN3/c15-11-5-3-9-16-14(11)18-13-8-7-10-4-1-2-6-12(10)17-13/h1-9H,(H,16,17,18). The van der Waals surface area contributed by atoms with Crippen molar-refractivity contribution in [1.82, 2.24) is 9.97 Å². The first kappa shape index (κ1) is 10.7. The fourth-order valence-corrected chi connectivity index (χ4v) is 1.73. The lowest BCUT2D eigenvalue weighted by atomic mass is 10.2. The summed E-state index contributed by atoms with van der Waals surface area (Å²) in [5, 5.41) is 3.91. The van der Waals surface area contributed by atoms with Crippen molar-refractivity contribution in [2.24, 2.45) is 0 Å². The van der Waals surface area contributed by atoms with Gasteiger partial charge in [-0.05, 0) is 30.3 Å². The molecular weight excluding hydrogens is 229 g/mol. The highest BCUT2D eigenvalue weighted by molar-refractivity contribution is 5.80. The molecule has 0 fully saturated rings.